The molecule has 0 bridgehead atoms. The van der Waals surface area contributed by atoms with Crippen molar-refractivity contribution in [3.8, 4) is 5.69 Å². The topological polar surface area (TPSA) is 69.9 Å². The molecule has 18 heavy (non-hydrogen) atoms. The molecule has 0 unspecified atom stereocenters. The standard InChI is InChI=1S/C10H7F2N4O2/c11-7-1-2-9(8(12)5-7)16-10(13-14-15-16)3-4-18-6-17/h1-2,5H,3-4H2. The van der Waals surface area contributed by atoms with Crippen LogP contribution in [0.1, 0.15) is 5.82 Å². The summed E-state index contributed by atoms with van der Waals surface area (Å²) in [6.45, 7) is 1.28. The van der Waals surface area contributed by atoms with Gasteiger partial charge >= 0.3 is 6.47 Å². The smallest absolute Gasteiger partial charge is 0.417 e. The van der Waals surface area contributed by atoms with Crippen molar-refractivity contribution in [1.29, 1.82) is 0 Å². The van der Waals surface area contributed by atoms with Crippen molar-refractivity contribution in [3.63, 3.8) is 0 Å². The highest BCUT2D eigenvalue weighted by Gasteiger charge is 2.12. The summed E-state index contributed by atoms with van der Waals surface area (Å²) in [4.78, 5) is 9.87. The van der Waals surface area contributed by atoms with E-state index in [-0.39, 0.29) is 24.5 Å². The van der Waals surface area contributed by atoms with Gasteiger partial charge in [0.1, 0.15) is 11.5 Å². The van der Waals surface area contributed by atoms with Gasteiger partial charge in [0, 0.05) is 12.5 Å². The van der Waals surface area contributed by atoms with Gasteiger partial charge in [-0.05, 0) is 22.6 Å². The molecule has 0 fully saturated rings. The van der Waals surface area contributed by atoms with E-state index in [9.17, 15) is 13.6 Å². The second kappa shape index (κ2) is 5.30. The Morgan fingerprint density at radius 2 is 2.22 bits per heavy atom. The van der Waals surface area contributed by atoms with E-state index < -0.39 is 11.6 Å². The molecule has 2 rings (SSSR count). The van der Waals surface area contributed by atoms with E-state index in [2.05, 4.69) is 20.3 Å². The molecule has 0 saturated carbocycles. The average molecular weight is 253 g/mol. The minimum Gasteiger partial charge on any atom is -0.457 e. The Hall–Kier alpha value is -2.38. The Morgan fingerprint density at radius 3 is 2.94 bits per heavy atom. The molecular formula is C10H7F2N4O2. The normalized spacial score (nSPS) is 10.3. The Balaban J connectivity index is 2.27. The van der Waals surface area contributed by atoms with Crippen LogP contribution < -0.4 is 0 Å². The van der Waals surface area contributed by atoms with Crippen LogP contribution in [0.3, 0.4) is 0 Å². The number of benzene rings is 1. The molecule has 0 N–H and O–H groups in total. The first-order chi connectivity index (χ1) is 8.72. The number of ether oxygens (including phenoxy) is 1. The molecule has 1 aromatic carbocycles. The highest BCUT2D eigenvalue weighted by molar-refractivity contribution is 5.38. The zero-order valence-electron chi connectivity index (χ0n) is 9.01. The third-order valence-electron chi connectivity index (χ3n) is 2.16. The monoisotopic (exact) mass is 253 g/mol. The SMILES string of the molecule is O=[C]OCCc1nnnn1-c1ccc(F)cc1F. The van der Waals surface area contributed by atoms with Gasteiger partial charge in [-0.1, -0.05) is 0 Å². The first-order valence-electron chi connectivity index (χ1n) is 4.94. The molecule has 0 atom stereocenters. The minimum absolute atomic E-state index is 0.0199. The summed E-state index contributed by atoms with van der Waals surface area (Å²) in [6, 6.07) is 3.05. The Kier molecular flexibility index (Phi) is 3.56. The Bertz CT molecular complexity index is 559. The van der Waals surface area contributed by atoms with Crippen LogP contribution in [-0.4, -0.2) is 33.3 Å². The van der Waals surface area contributed by atoms with E-state index in [1.165, 1.54) is 12.5 Å². The van der Waals surface area contributed by atoms with Crippen LogP contribution in [0, 0.1) is 11.6 Å². The van der Waals surface area contributed by atoms with Crippen molar-refractivity contribution >= 4 is 6.47 Å². The fourth-order valence-corrected chi connectivity index (χ4v) is 1.39. The van der Waals surface area contributed by atoms with Gasteiger partial charge in [-0.15, -0.1) is 5.10 Å². The average Bonchev–Trinajstić information content (AvgIpc) is 2.78. The number of tetrazole rings is 1. The fraction of sp³-hybridized carbons (Fsp3) is 0.200. The summed E-state index contributed by atoms with van der Waals surface area (Å²) >= 11 is 0. The Labute approximate surface area is 100 Å². The third kappa shape index (κ3) is 2.47. The molecule has 1 heterocycles. The van der Waals surface area contributed by atoms with Gasteiger partial charge in [0.15, 0.2) is 11.6 Å². The first kappa shape index (κ1) is 12.1. The van der Waals surface area contributed by atoms with Gasteiger partial charge < -0.3 is 4.74 Å². The molecule has 6 nitrogen and oxygen atoms in total. The van der Waals surface area contributed by atoms with E-state index in [1.54, 1.807) is 0 Å². The lowest BCUT2D eigenvalue weighted by Gasteiger charge is -2.05. The van der Waals surface area contributed by atoms with E-state index in [0.29, 0.717) is 0 Å². The summed E-state index contributed by atoms with van der Waals surface area (Å²) in [5.74, 6) is -1.19. The van der Waals surface area contributed by atoms with Crippen LogP contribution in [0.25, 0.3) is 5.69 Å². The van der Waals surface area contributed by atoms with Gasteiger partial charge in [0.05, 0.1) is 6.61 Å². The maximum absolute atomic E-state index is 13.5. The minimum atomic E-state index is -0.786. The second-order valence-corrected chi connectivity index (χ2v) is 3.28. The summed E-state index contributed by atoms with van der Waals surface area (Å²) in [6.07, 6.45) is 0.194. The van der Waals surface area contributed by atoms with E-state index in [0.717, 1.165) is 16.8 Å². The predicted octanol–water partition coefficient (Wildman–Crippen LogP) is 0.567. The maximum Gasteiger partial charge on any atom is 0.417 e. The van der Waals surface area contributed by atoms with E-state index in [1.807, 2.05) is 0 Å². The molecule has 93 valence electrons. The van der Waals surface area contributed by atoms with Crippen molar-refractivity contribution in [2.45, 2.75) is 6.42 Å². The van der Waals surface area contributed by atoms with Crippen molar-refractivity contribution in [2.75, 3.05) is 6.61 Å². The number of hydrogen-bond donors (Lipinski definition) is 0. The summed E-state index contributed by atoms with van der Waals surface area (Å²) in [5, 5.41) is 10.6. The highest BCUT2D eigenvalue weighted by atomic mass is 19.1. The molecule has 2 aromatic rings. The van der Waals surface area contributed by atoms with Crippen molar-refractivity contribution in [1.82, 2.24) is 20.2 Å². The summed E-state index contributed by atoms with van der Waals surface area (Å²) in [7, 11) is 0. The molecule has 1 radical (unpaired) electrons. The molecule has 0 spiro atoms. The molecular weight excluding hydrogens is 246 g/mol. The van der Waals surface area contributed by atoms with Crippen LogP contribution in [0.4, 0.5) is 8.78 Å². The van der Waals surface area contributed by atoms with E-state index >= 15 is 0 Å². The summed E-state index contributed by atoms with van der Waals surface area (Å²) in [5.41, 5.74) is 0.0199. The molecule has 0 aliphatic carbocycles. The fourth-order valence-electron chi connectivity index (χ4n) is 1.39. The van der Waals surface area contributed by atoms with E-state index in [4.69, 9.17) is 0 Å². The number of hydrogen-bond acceptors (Lipinski definition) is 5. The second-order valence-electron chi connectivity index (χ2n) is 3.28. The number of halogens is 2. The third-order valence-corrected chi connectivity index (χ3v) is 2.16. The number of carbonyl (C=O) groups excluding carboxylic acids is 1. The highest BCUT2D eigenvalue weighted by Crippen LogP contribution is 2.14. The molecule has 0 aliphatic rings. The van der Waals surface area contributed by atoms with Gasteiger partial charge in [0.2, 0.25) is 0 Å². The van der Waals surface area contributed by atoms with Crippen LogP contribution in [-0.2, 0) is 16.0 Å². The van der Waals surface area contributed by atoms with Crippen LogP contribution in [0.2, 0.25) is 0 Å². The van der Waals surface area contributed by atoms with Crippen LogP contribution in [0.5, 0.6) is 0 Å². The number of nitrogens with zero attached hydrogens (tertiary/aromatic N) is 4. The molecule has 8 heteroatoms. The molecule has 0 aliphatic heterocycles. The summed E-state index contributed by atoms with van der Waals surface area (Å²) < 4.78 is 31.8. The van der Waals surface area contributed by atoms with Gasteiger partial charge in [-0.3, -0.25) is 0 Å². The zero-order valence-corrected chi connectivity index (χ0v) is 9.01. The molecule has 0 saturated heterocycles. The lowest BCUT2D eigenvalue weighted by atomic mass is 10.3. The number of aromatic nitrogens is 4. The zero-order chi connectivity index (χ0) is 13.0. The van der Waals surface area contributed by atoms with Crippen LogP contribution >= 0.6 is 0 Å². The largest absolute Gasteiger partial charge is 0.457 e. The van der Waals surface area contributed by atoms with Gasteiger partial charge in [-0.25, -0.2) is 13.6 Å². The first-order valence-corrected chi connectivity index (χ1v) is 4.94. The van der Waals surface area contributed by atoms with Crippen molar-refractivity contribution in [2.24, 2.45) is 0 Å². The lowest BCUT2D eigenvalue weighted by Crippen LogP contribution is -2.08. The van der Waals surface area contributed by atoms with Crippen molar-refractivity contribution in [3.05, 3.63) is 35.7 Å². The van der Waals surface area contributed by atoms with Gasteiger partial charge in [0.25, 0.3) is 0 Å². The Morgan fingerprint density at radius 1 is 1.39 bits per heavy atom. The molecule has 1 aromatic heterocycles. The quantitative estimate of drug-likeness (QED) is 0.728. The van der Waals surface area contributed by atoms with Crippen molar-refractivity contribution < 1.29 is 18.3 Å². The maximum atomic E-state index is 13.5. The number of rotatable bonds is 5. The van der Waals surface area contributed by atoms with Gasteiger partial charge in [-0.2, -0.15) is 4.68 Å². The lowest BCUT2D eigenvalue weighted by molar-refractivity contribution is 0.278. The predicted molar refractivity (Wildman–Crippen MR) is 54.4 cm³/mol. The van der Waals surface area contributed by atoms with Crippen LogP contribution in [0.15, 0.2) is 18.2 Å². The molecule has 0 amide bonds.